The number of piperazine rings is 1. The minimum Gasteiger partial charge on any atom is -0.399 e. The Morgan fingerprint density at radius 2 is 1.53 bits per heavy atom. The summed E-state index contributed by atoms with van der Waals surface area (Å²) < 4.78 is 0. The van der Waals surface area contributed by atoms with E-state index >= 15 is 0 Å². The van der Waals surface area contributed by atoms with Crippen molar-refractivity contribution in [2.45, 2.75) is 38.8 Å². The van der Waals surface area contributed by atoms with Crippen LogP contribution in [-0.4, -0.2) is 71.0 Å². The number of fused-ring (bicyclic) bond motifs is 2. The quantitative estimate of drug-likeness (QED) is 0.335. The molecule has 2 fully saturated rings. The van der Waals surface area contributed by atoms with Gasteiger partial charge in [0.15, 0.2) is 0 Å². The van der Waals surface area contributed by atoms with Crippen molar-refractivity contribution in [2.24, 2.45) is 0 Å². The van der Waals surface area contributed by atoms with Crippen LogP contribution in [0.15, 0.2) is 36.5 Å². The fraction of sp³-hybridized carbons (Fsp3) is 0.385. The molecule has 3 aromatic heterocycles. The van der Waals surface area contributed by atoms with Gasteiger partial charge in [-0.05, 0) is 57.0 Å². The van der Waals surface area contributed by atoms with Crippen LogP contribution in [0.25, 0.3) is 0 Å². The van der Waals surface area contributed by atoms with Crippen molar-refractivity contribution in [3.8, 4) is 0 Å². The van der Waals surface area contributed by atoms with E-state index in [4.69, 9.17) is 5.73 Å². The lowest BCUT2D eigenvalue weighted by atomic mass is 10.2. The monoisotopic (exact) mass is 518 g/mol. The normalized spacial score (nSPS) is 17.7. The lowest BCUT2D eigenvalue weighted by Gasteiger charge is -2.33. The molecule has 200 valence electrons. The molecule has 12 nitrogen and oxygen atoms in total. The summed E-state index contributed by atoms with van der Waals surface area (Å²) in [7, 11) is 3.15. The number of aromatic nitrogens is 4. The molecule has 0 aromatic carbocycles. The van der Waals surface area contributed by atoms with Crippen molar-refractivity contribution >= 4 is 35.0 Å². The third-order valence-electron chi connectivity index (χ3n) is 6.29. The summed E-state index contributed by atoms with van der Waals surface area (Å²) in [5.41, 5.74) is 9.05. The Balaban J connectivity index is 0.000000236. The van der Waals surface area contributed by atoms with Crippen LogP contribution in [-0.2, 0) is 0 Å². The Kier molecular flexibility index (Phi) is 8.31. The Hall–Kier alpha value is -4.32. The molecule has 6 N–H and O–H groups in total. The number of rotatable bonds is 5. The zero-order chi connectivity index (χ0) is 27.2. The van der Waals surface area contributed by atoms with Crippen LogP contribution in [0.3, 0.4) is 0 Å². The van der Waals surface area contributed by atoms with Crippen molar-refractivity contribution in [1.29, 1.82) is 0 Å². The first-order valence-electron chi connectivity index (χ1n) is 12.5. The molecule has 2 aliphatic rings. The van der Waals surface area contributed by atoms with Crippen molar-refractivity contribution in [3.63, 3.8) is 0 Å². The number of aryl methyl sites for hydroxylation is 2. The maximum absolute atomic E-state index is 11.9. The van der Waals surface area contributed by atoms with E-state index in [1.165, 1.54) is 12.8 Å². The lowest BCUT2D eigenvalue weighted by Crippen LogP contribution is -2.51. The fourth-order valence-corrected chi connectivity index (χ4v) is 4.62. The molecule has 0 unspecified atom stereocenters. The average Bonchev–Trinajstić information content (AvgIpc) is 3.24. The zero-order valence-electron chi connectivity index (χ0n) is 22.1. The molecule has 3 aromatic rings. The first kappa shape index (κ1) is 26.7. The molecular formula is C26H34N10O2. The number of amides is 2. The molecule has 0 aliphatic carbocycles. The maximum atomic E-state index is 11.9. The van der Waals surface area contributed by atoms with E-state index in [1.807, 2.05) is 19.1 Å². The second-order valence-electron chi connectivity index (χ2n) is 9.37. The van der Waals surface area contributed by atoms with Crippen LogP contribution in [0.4, 0.5) is 23.1 Å². The van der Waals surface area contributed by atoms with Crippen LogP contribution < -0.4 is 31.9 Å². The number of anilines is 4. The predicted molar refractivity (Wildman–Crippen MR) is 147 cm³/mol. The van der Waals surface area contributed by atoms with Crippen molar-refractivity contribution in [3.05, 3.63) is 59.3 Å². The summed E-state index contributed by atoms with van der Waals surface area (Å²) in [5, 5.41) is 11.9. The zero-order valence-corrected chi connectivity index (χ0v) is 22.1. The van der Waals surface area contributed by atoms with Crippen LogP contribution >= 0.6 is 0 Å². The van der Waals surface area contributed by atoms with E-state index in [2.05, 4.69) is 46.1 Å². The Morgan fingerprint density at radius 1 is 0.921 bits per heavy atom. The van der Waals surface area contributed by atoms with Gasteiger partial charge in [-0.15, -0.1) is 0 Å². The predicted octanol–water partition coefficient (Wildman–Crippen LogP) is 1.56. The molecule has 2 atom stereocenters. The summed E-state index contributed by atoms with van der Waals surface area (Å²) in [6.45, 7) is 5.60. The van der Waals surface area contributed by atoms with Crippen molar-refractivity contribution in [2.75, 3.05) is 43.1 Å². The van der Waals surface area contributed by atoms with Gasteiger partial charge >= 0.3 is 0 Å². The number of nitrogens with zero attached hydrogens (tertiary/aromatic N) is 5. The number of carbonyl (C=O) groups is 2. The summed E-state index contributed by atoms with van der Waals surface area (Å²) in [6, 6.07) is 9.89. The van der Waals surface area contributed by atoms with E-state index < -0.39 is 0 Å². The highest BCUT2D eigenvalue weighted by molar-refractivity contribution is 5.93. The van der Waals surface area contributed by atoms with Gasteiger partial charge < -0.3 is 31.9 Å². The van der Waals surface area contributed by atoms with Crippen molar-refractivity contribution < 1.29 is 9.59 Å². The molecule has 2 bridgehead atoms. The van der Waals surface area contributed by atoms with Gasteiger partial charge in [-0.25, -0.2) is 15.0 Å². The average molecular weight is 519 g/mol. The summed E-state index contributed by atoms with van der Waals surface area (Å²) in [4.78, 5) is 42.5. The Morgan fingerprint density at radius 3 is 2.13 bits per heavy atom. The van der Waals surface area contributed by atoms with Gasteiger partial charge in [-0.2, -0.15) is 4.98 Å². The van der Waals surface area contributed by atoms with Gasteiger partial charge in [-0.1, -0.05) is 0 Å². The first-order valence-corrected chi connectivity index (χ1v) is 12.5. The third kappa shape index (κ3) is 6.71. The fourth-order valence-electron chi connectivity index (χ4n) is 4.62. The highest BCUT2D eigenvalue weighted by atomic mass is 16.2. The first-order chi connectivity index (χ1) is 18.2. The molecule has 12 heteroatoms. The number of hydrogen-bond donors (Lipinski definition) is 5. The number of nitrogens with one attached hydrogen (secondary N) is 4. The standard InChI is InChI=1S/C18H23N7O.C8H11N3O/c1-11-7-14(8-15(21-11)17(26)19-2)23-18-20-6-5-16(24-18)25-9-12-3-4-13(10-25)22-12;1-5-3-6(9)4-7(11-5)8(12)10-2/h5-8,12-13,22H,3-4,9-10H2,1-2H3,(H,19,26)(H,20,21,23,24);3-4H,1-2H3,(H2,9,11)(H,10,12)/t12-,13+;. The number of hydrogen-bond acceptors (Lipinski definition) is 10. The second-order valence-corrected chi connectivity index (χ2v) is 9.37. The minimum absolute atomic E-state index is 0.217. The molecule has 5 heterocycles. The van der Waals surface area contributed by atoms with E-state index in [0.717, 1.165) is 36.0 Å². The smallest absolute Gasteiger partial charge is 0.269 e. The van der Waals surface area contributed by atoms with Gasteiger partial charge in [0, 0.05) is 68.2 Å². The van der Waals surface area contributed by atoms with Crippen molar-refractivity contribution in [1.82, 2.24) is 35.9 Å². The van der Waals surface area contributed by atoms with E-state index in [9.17, 15) is 9.59 Å². The molecule has 0 spiro atoms. The molecule has 38 heavy (non-hydrogen) atoms. The third-order valence-corrected chi connectivity index (χ3v) is 6.29. The molecule has 2 amide bonds. The molecule has 5 rings (SSSR count). The van der Waals surface area contributed by atoms with Gasteiger partial charge in [0.2, 0.25) is 5.95 Å². The van der Waals surface area contributed by atoms with E-state index in [0.29, 0.717) is 35.1 Å². The maximum Gasteiger partial charge on any atom is 0.269 e. The Bertz CT molecular complexity index is 1280. The number of carbonyl (C=O) groups excluding carboxylic acids is 2. The molecule has 2 aliphatic heterocycles. The van der Waals surface area contributed by atoms with Crippen LogP contribution in [0.1, 0.15) is 45.2 Å². The SMILES string of the molecule is CNC(=O)c1cc(N)cc(C)n1.CNC(=O)c1cc(Nc2nccc(N3C[C@H]4CC[C@@H](C3)N4)n2)cc(C)n1. The molecule has 2 saturated heterocycles. The highest BCUT2D eigenvalue weighted by Gasteiger charge is 2.32. The number of pyridine rings is 2. The van der Waals surface area contributed by atoms with Crippen LogP contribution in [0, 0.1) is 13.8 Å². The molecular weight excluding hydrogens is 484 g/mol. The van der Waals surface area contributed by atoms with Gasteiger partial charge in [0.05, 0.1) is 0 Å². The minimum atomic E-state index is -0.220. The number of nitrogens with two attached hydrogens (primary N) is 1. The summed E-state index contributed by atoms with van der Waals surface area (Å²) >= 11 is 0. The summed E-state index contributed by atoms with van der Waals surface area (Å²) in [6.07, 6.45) is 4.23. The number of nitrogen functional groups attached to an aromatic ring is 1. The van der Waals surface area contributed by atoms with E-state index in [-0.39, 0.29) is 11.8 Å². The molecule has 0 radical (unpaired) electrons. The molecule has 0 saturated carbocycles. The van der Waals surface area contributed by atoms with Gasteiger partial charge in [0.1, 0.15) is 17.2 Å². The van der Waals surface area contributed by atoms with Crippen LogP contribution in [0.5, 0.6) is 0 Å². The topological polar surface area (TPSA) is 163 Å². The van der Waals surface area contributed by atoms with E-state index in [1.54, 1.807) is 45.4 Å². The highest BCUT2D eigenvalue weighted by Crippen LogP contribution is 2.25. The lowest BCUT2D eigenvalue weighted by molar-refractivity contribution is 0.0950. The van der Waals surface area contributed by atoms with Gasteiger partial charge in [0.25, 0.3) is 11.8 Å². The Labute approximate surface area is 221 Å². The largest absolute Gasteiger partial charge is 0.399 e. The second kappa shape index (κ2) is 11.8. The summed E-state index contributed by atoms with van der Waals surface area (Å²) in [5.74, 6) is 1.01. The van der Waals surface area contributed by atoms with Gasteiger partial charge in [-0.3, -0.25) is 9.59 Å². The van der Waals surface area contributed by atoms with Crippen LogP contribution in [0.2, 0.25) is 0 Å².